The number of H-pyrrole nitrogens is 1. The largest absolute Gasteiger partial charge is 0.461 e. The molecular weight excluding hydrogens is 366 g/mol. The second kappa shape index (κ2) is 6.41. The molecule has 2 aromatic heterocycles. The number of carbonyl (C=O) groups is 1. The molecular formula is C15H12BrN3O2S. The number of hydrogen-bond acceptors (Lipinski definition) is 5. The Morgan fingerprint density at radius 3 is 2.86 bits per heavy atom. The van der Waals surface area contributed by atoms with Gasteiger partial charge in [-0.2, -0.15) is 5.10 Å². The van der Waals surface area contributed by atoms with E-state index < -0.39 is 5.97 Å². The molecule has 7 heteroatoms. The molecule has 5 nitrogen and oxygen atoms in total. The number of esters is 1. The third-order valence-electron chi connectivity index (χ3n) is 2.95. The fourth-order valence-electron chi connectivity index (χ4n) is 1.93. The van der Waals surface area contributed by atoms with Crippen LogP contribution in [0.4, 0.5) is 0 Å². The number of halogens is 1. The molecule has 1 N–H and O–H groups in total. The number of aromatic nitrogens is 3. The Labute approximate surface area is 139 Å². The fraction of sp³-hybridized carbons (Fsp3) is 0.133. The predicted octanol–water partition coefficient (Wildman–Crippen LogP) is 4.14. The van der Waals surface area contributed by atoms with Crippen LogP contribution < -0.4 is 0 Å². The maximum Gasteiger partial charge on any atom is 0.357 e. The van der Waals surface area contributed by atoms with Crippen molar-refractivity contribution < 1.29 is 9.53 Å². The van der Waals surface area contributed by atoms with Gasteiger partial charge >= 0.3 is 5.97 Å². The first-order valence-corrected chi connectivity index (χ1v) is 8.24. The third-order valence-corrected chi connectivity index (χ3v) is 4.77. The van der Waals surface area contributed by atoms with Gasteiger partial charge < -0.3 is 4.74 Å². The summed E-state index contributed by atoms with van der Waals surface area (Å²) in [6.07, 6.45) is 1.75. The number of aromatic amines is 1. The first-order chi connectivity index (χ1) is 10.7. The monoisotopic (exact) mass is 377 g/mol. The van der Waals surface area contributed by atoms with Gasteiger partial charge in [-0.1, -0.05) is 30.3 Å². The number of hydrogen-bond donors (Lipinski definition) is 1. The van der Waals surface area contributed by atoms with Crippen molar-refractivity contribution >= 4 is 33.2 Å². The van der Waals surface area contributed by atoms with E-state index in [9.17, 15) is 4.79 Å². The van der Waals surface area contributed by atoms with Crippen LogP contribution in [0.5, 0.6) is 0 Å². The molecule has 0 spiro atoms. The molecule has 22 heavy (non-hydrogen) atoms. The lowest BCUT2D eigenvalue weighted by atomic mass is 10.2. The highest BCUT2D eigenvalue weighted by molar-refractivity contribution is 9.10. The summed E-state index contributed by atoms with van der Waals surface area (Å²) >= 11 is 4.92. The molecule has 0 aliphatic rings. The van der Waals surface area contributed by atoms with Gasteiger partial charge in [0.15, 0.2) is 5.69 Å². The van der Waals surface area contributed by atoms with E-state index in [4.69, 9.17) is 4.74 Å². The highest BCUT2D eigenvalue weighted by Crippen LogP contribution is 2.35. The van der Waals surface area contributed by atoms with Crippen LogP contribution in [0.15, 0.2) is 41.0 Å². The minimum atomic E-state index is -0.430. The molecule has 3 rings (SSSR count). The summed E-state index contributed by atoms with van der Waals surface area (Å²) in [6, 6.07) is 9.92. The van der Waals surface area contributed by atoms with Gasteiger partial charge in [0.05, 0.1) is 16.0 Å². The van der Waals surface area contributed by atoms with Crippen LogP contribution in [0.2, 0.25) is 0 Å². The van der Waals surface area contributed by atoms with E-state index in [0.29, 0.717) is 22.5 Å². The molecule has 0 saturated heterocycles. The summed E-state index contributed by atoms with van der Waals surface area (Å²) in [5.41, 5.74) is 2.02. The van der Waals surface area contributed by atoms with Crippen LogP contribution in [0.1, 0.15) is 17.4 Å². The quantitative estimate of drug-likeness (QED) is 0.693. The lowest BCUT2D eigenvalue weighted by molar-refractivity contribution is 0.0518. The summed E-state index contributed by atoms with van der Waals surface area (Å²) in [5.74, 6) is -0.430. The number of nitrogens with one attached hydrogen (secondary N) is 1. The van der Waals surface area contributed by atoms with Gasteiger partial charge in [-0.15, -0.1) is 11.3 Å². The van der Waals surface area contributed by atoms with Gasteiger partial charge in [0.25, 0.3) is 0 Å². The minimum absolute atomic E-state index is 0.312. The number of rotatable bonds is 4. The van der Waals surface area contributed by atoms with Gasteiger partial charge in [0, 0.05) is 11.8 Å². The molecule has 0 amide bonds. The molecule has 0 aliphatic carbocycles. The van der Waals surface area contributed by atoms with Crippen molar-refractivity contribution in [2.75, 3.05) is 6.61 Å². The summed E-state index contributed by atoms with van der Waals surface area (Å²) in [6.45, 7) is 2.08. The highest BCUT2D eigenvalue weighted by atomic mass is 79.9. The summed E-state index contributed by atoms with van der Waals surface area (Å²) < 4.78 is 5.57. The molecule has 0 fully saturated rings. The van der Waals surface area contributed by atoms with Gasteiger partial charge in [0.2, 0.25) is 0 Å². The van der Waals surface area contributed by atoms with E-state index in [2.05, 4.69) is 31.1 Å². The molecule has 2 heterocycles. The Morgan fingerprint density at radius 2 is 2.14 bits per heavy atom. The Hall–Kier alpha value is -1.99. The molecule has 0 radical (unpaired) electrons. The van der Waals surface area contributed by atoms with Crippen LogP contribution in [0.3, 0.4) is 0 Å². The molecule has 0 bridgehead atoms. The Morgan fingerprint density at radius 1 is 1.36 bits per heavy atom. The van der Waals surface area contributed by atoms with Gasteiger partial charge in [-0.3, -0.25) is 5.10 Å². The smallest absolute Gasteiger partial charge is 0.357 e. The van der Waals surface area contributed by atoms with Crippen LogP contribution >= 0.6 is 27.3 Å². The maximum atomic E-state index is 11.8. The molecule has 1 aromatic carbocycles. The van der Waals surface area contributed by atoms with Crippen LogP contribution in [-0.2, 0) is 4.74 Å². The normalized spacial score (nSPS) is 10.6. The predicted molar refractivity (Wildman–Crippen MR) is 88.8 cm³/mol. The van der Waals surface area contributed by atoms with E-state index in [1.807, 2.05) is 30.3 Å². The van der Waals surface area contributed by atoms with E-state index >= 15 is 0 Å². The average molecular weight is 378 g/mol. The van der Waals surface area contributed by atoms with Crippen LogP contribution in [0.25, 0.3) is 21.1 Å². The maximum absolute atomic E-state index is 11.8. The van der Waals surface area contributed by atoms with Crippen molar-refractivity contribution in [2.24, 2.45) is 0 Å². The molecule has 3 aromatic rings. The molecule has 0 saturated carbocycles. The van der Waals surface area contributed by atoms with Crippen molar-refractivity contribution in [3.05, 3.63) is 46.7 Å². The zero-order valence-electron chi connectivity index (χ0n) is 11.7. The zero-order chi connectivity index (χ0) is 15.5. The SMILES string of the molecule is CCOC(=O)c1[nH]nc(-c2cnc(-c3ccccc3)s2)c1Br. The number of nitrogens with zero attached hydrogens (tertiary/aromatic N) is 2. The lowest BCUT2D eigenvalue weighted by Gasteiger charge is -1.98. The second-order valence-electron chi connectivity index (χ2n) is 4.38. The van der Waals surface area contributed by atoms with Gasteiger partial charge in [-0.05, 0) is 22.9 Å². The Kier molecular flexibility index (Phi) is 4.35. The molecule has 0 aliphatic heterocycles. The highest BCUT2D eigenvalue weighted by Gasteiger charge is 2.20. The Bertz CT molecular complexity index is 798. The van der Waals surface area contributed by atoms with E-state index in [1.165, 1.54) is 11.3 Å². The standard InChI is InChI=1S/C15H12BrN3O2S/c1-2-21-15(20)13-11(16)12(18-19-13)10-8-17-14(22-10)9-6-4-3-5-7-9/h3-8H,2H2,1H3,(H,18,19). The minimum Gasteiger partial charge on any atom is -0.461 e. The second-order valence-corrected chi connectivity index (χ2v) is 6.20. The van der Waals surface area contributed by atoms with Gasteiger partial charge in [0.1, 0.15) is 10.7 Å². The zero-order valence-corrected chi connectivity index (χ0v) is 14.1. The van der Waals surface area contributed by atoms with E-state index in [-0.39, 0.29) is 0 Å². The number of benzene rings is 1. The summed E-state index contributed by atoms with van der Waals surface area (Å²) in [4.78, 5) is 17.1. The molecule has 0 unspecified atom stereocenters. The third kappa shape index (κ3) is 2.82. The van der Waals surface area contributed by atoms with Crippen LogP contribution in [-0.4, -0.2) is 27.8 Å². The van der Waals surface area contributed by atoms with Crippen molar-refractivity contribution in [3.63, 3.8) is 0 Å². The Balaban J connectivity index is 1.93. The fourth-order valence-corrected chi connectivity index (χ4v) is 3.53. The molecule has 0 atom stereocenters. The average Bonchev–Trinajstić information content (AvgIpc) is 3.15. The number of carbonyl (C=O) groups excluding carboxylic acids is 1. The first-order valence-electron chi connectivity index (χ1n) is 6.63. The first kappa shape index (κ1) is 14.9. The number of ether oxygens (including phenoxy) is 1. The summed E-state index contributed by atoms with van der Waals surface area (Å²) in [7, 11) is 0. The van der Waals surface area contributed by atoms with E-state index in [0.717, 1.165) is 15.4 Å². The lowest BCUT2D eigenvalue weighted by Crippen LogP contribution is -2.05. The van der Waals surface area contributed by atoms with Crippen molar-refractivity contribution in [3.8, 4) is 21.1 Å². The topological polar surface area (TPSA) is 67.9 Å². The van der Waals surface area contributed by atoms with Crippen LogP contribution in [0, 0.1) is 0 Å². The van der Waals surface area contributed by atoms with Gasteiger partial charge in [-0.25, -0.2) is 9.78 Å². The van der Waals surface area contributed by atoms with Crippen molar-refractivity contribution in [1.29, 1.82) is 0 Å². The molecule has 112 valence electrons. The van der Waals surface area contributed by atoms with E-state index in [1.54, 1.807) is 13.1 Å². The van der Waals surface area contributed by atoms with Crippen molar-refractivity contribution in [1.82, 2.24) is 15.2 Å². The summed E-state index contributed by atoms with van der Waals surface area (Å²) in [5, 5.41) is 7.81. The van der Waals surface area contributed by atoms with Crippen molar-refractivity contribution in [2.45, 2.75) is 6.92 Å². The number of thiazole rings is 1.